The van der Waals surface area contributed by atoms with Crippen molar-refractivity contribution < 1.29 is 5.11 Å². The number of H-pyrrole nitrogens is 1. The van der Waals surface area contributed by atoms with Crippen LogP contribution < -0.4 is 10.5 Å². The second-order valence-corrected chi connectivity index (χ2v) is 4.73. The van der Waals surface area contributed by atoms with Gasteiger partial charge in [-0.2, -0.15) is 0 Å². The summed E-state index contributed by atoms with van der Waals surface area (Å²) in [5, 5.41) is 8.81. The summed E-state index contributed by atoms with van der Waals surface area (Å²) in [6.07, 6.45) is 4.31. The number of piperidine rings is 1. The lowest BCUT2D eigenvalue weighted by Crippen LogP contribution is -2.36. The third-order valence-electron chi connectivity index (χ3n) is 3.20. The second kappa shape index (κ2) is 5.31. The first-order valence-corrected chi connectivity index (χ1v) is 6.14. The van der Waals surface area contributed by atoms with Gasteiger partial charge in [0.1, 0.15) is 0 Å². The van der Waals surface area contributed by atoms with Crippen LogP contribution in [-0.2, 0) is 6.42 Å². The molecule has 2 rings (SSSR count). The molecule has 1 atom stereocenters. The maximum Gasteiger partial charge on any atom is 0.255 e. The number of hydrogen-bond acceptors (Lipinski definition) is 4. The number of aliphatic hydroxyl groups is 1. The minimum absolute atomic E-state index is 0.0230. The van der Waals surface area contributed by atoms with Crippen molar-refractivity contribution in [3.8, 4) is 0 Å². The van der Waals surface area contributed by atoms with Gasteiger partial charge in [-0.15, -0.1) is 0 Å². The molecule has 0 bridgehead atoms. The molecular weight excluding hydrogens is 218 g/mol. The SMILES string of the molecule is C[C@H]1CCCN(c2ncc(CCO)c(=O)[nH]2)C1. The van der Waals surface area contributed by atoms with Crippen LogP contribution in [0.1, 0.15) is 25.3 Å². The van der Waals surface area contributed by atoms with Crippen LogP contribution >= 0.6 is 0 Å². The first-order valence-electron chi connectivity index (χ1n) is 6.14. The summed E-state index contributed by atoms with van der Waals surface area (Å²) in [5.74, 6) is 1.30. The highest BCUT2D eigenvalue weighted by Gasteiger charge is 2.18. The maximum atomic E-state index is 11.7. The zero-order valence-corrected chi connectivity index (χ0v) is 10.1. The van der Waals surface area contributed by atoms with E-state index in [-0.39, 0.29) is 12.2 Å². The van der Waals surface area contributed by atoms with E-state index in [0.29, 0.717) is 23.9 Å². The van der Waals surface area contributed by atoms with Gasteiger partial charge in [-0.1, -0.05) is 6.92 Å². The summed E-state index contributed by atoms with van der Waals surface area (Å²) in [6, 6.07) is 0. The van der Waals surface area contributed by atoms with Crippen molar-refractivity contribution >= 4 is 5.95 Å². The fourth-order valence-electron chi connectivity index (χ4n) is 2.25. The van der Waals surface area contributed by atoms with Gasteiger partial charge < -0.3 is 10.0 Å². The summed E-state index contributed by atoms with van der Waals surface area (Å²) in [6.45, 7) is 4.09. The normalized spacial score (nSPS) is 20.6. The summed E-state index contributed by atoms with van der Waals surface area (Å²) >= 11 is 0. The molecule has 0 radical (unpaired) electrons. The molecule has 0 saturated carbocycles. The molecule has 1 aliphatic heterocycles. The first-order chi connectivity index (χ1) is 8.20. The lowest BCUT2D eigenvalue weighted by molar-refractivity contribution is 0.299. The average molecular weight is 237 g/mol. The molecule has 0 aliphatic carbocycles. The van der Waals surface area contributed by atoms with Crippen molar-refractivity contribution in [2.75, 3.05) is 24.6 Å². The average Bonchev–Trinajstić information content (AvgIpc) is 2.32. The quantitative estimate of drug-likeness (QED) is 0.805. The van der Waals surface area contributed by atoms with Gasteiger partial charge in [-0.05, 0) is 18.8 Å². The van der Waals surface area contributed by atoms with Gasteiger partial charge in [0, 0.05) is 37.9 Å². The maximum absolute atomic E-state index is 11.7. The number of nitrogens with zero attached hydrogens (tertiary/aromatic N) is 2. The number of anilines is 1. The summed E-state index contributed by atoms with van der Waals surface area (Å²) in [4.78, 5) is 20.9. The Kier molecular flexibility index (Phi) is 3.78. The van der Waals surface area contributed by atoms with Crippen LogP contribution in [0, 0.1) is 5.92 Å². The Morgan fingerprint density at radius 1 is 1.65 bits per heavy atom. The van der Waals surface area contributed by atoms with E-state index in [4.69, 9.17) is 5.11 Å². The van der Waals surface area contributed by atoms with Crippen molar-refractivity contribution in [3.63, 3.8) is 0 Å². The third kappa shape index (κ3) is 2.85. The van der Waals surface area contributed by atoms with Crippen LogP contribution in [0.4, 0.5) is 5.95 Å². The molecule has 1 aromatic heterocycles. The van der Waals surface area contributed by atoms with Crippen LogP contribution in [0.25, 0.3) is 0 Å². The molecule has 0 aromatic carbocycles. The largest absolute Gasteiger partial charge is 0.396 e. The van der Waals surface area contributed by atoms with Gasteiger partial charge in [0.2, 0.25) is 5.95 Å². The van der Waals surface area contributed by atoms with E-state index in [1.54, 1.807) is 6.20 Å². The topological polar surface area (TPSA) is 69.2 Å². The van der Waals surface area contributed by atoms with Crippen molar-refractivity contribution in [2.24, 2.45) is 5.92 Å². The Hall–Kier alpha value is -1.36. The Labute approximate surface area is 100 Å². The van der Waals surface area contributed by atoms with Gasteiger partial charge in [0.25, 0.3) is 5.56 Å². The predicted octanol–water partition coefficient (Wildman–Crippen LogP) is 0.541. The van der Waals surface area contributed by atoms with Crippen LogP contribution in [0.2, 0.25) is 0 Å². The van der Waals surface area contributed by atoms with Crippen molar-refractivity contribution in [1.29, 1.82) is 0 Å². The lowest BCUT2D eigenvalue weighted by atomic mass is 10.0. The Morgan fingerprint density at radius 3 is 3.12 bits per heavy atom. The number of aliphatic hydroxyl groups excluding tert-OH is 1. The Balaban J connectivity index is 2.16. The summed E-state index contributed by atoms with van der Waals surface area (Å²) in [7, 11) is 0. The second-order valence-electron chi connectivity index (χ2n) is 4.73. The molecule has 17 heavy (non-hydrogen) atoms. The number of aromatic amines is 1. The van der Waals surface area contributed by atoms with E-state index in [9.17, 15) is 4.79 Å². The summed E-state index contributed by atoms with van der Waals surface area (Å²) in [5.41, 5.74) is 0.406. The molecule has 1 aromatic rings. The highest BCUT2D eigenvalue weighted by molar-refractivity contribution is 5.30. The van der Waals surface area contributed by atoms with Crippen molar-refractivity contribution in [1.82, 2.24) is 9.97 Å². The standard InChI is InChI=1S/C12H19N3O2/c1-9-3-2-5-15(8-9)12-13-7-10(4-6-16)11(17)14-12/h7,9,16H,2-6,8H2,1H3,(H,13,14,17)/t9-/m0/s1. The molecule has 1 fully saturated rings. The monoisotopic (exact) mass is 237 g/mol. The van der Waals surface area contributed by atoms with E-state index in [1.165, 1.54) is 6.42 Å². The highest BCUT2D eigenvalue weighted by Crippen LogP contribution is 2.18. The fraction of sp³-hybridized carbons (Fsp3) is 0.667. The molecule has 5 nitrogen and oxygen atoms in total. The van der Waals surface area contributed by atoms with E-state index >= 15 is 0 Å². The van der Waals surface area contributed by atoms with Gasteiger partial charge >= 0.3 is 0 Å². The number of rotatable bonds is 3. The molecule has 2 N–H and O–H groups in total. The van der Waals surface area contributed by atoms with E-state index in [0.717, 1.165) is 19.5 Å². The lowest BCUT2D eigenvalue weighted by Gasteiger charge is -2.31. The van der Waals surface area contributed by atoms with Gasteiger partial charge in [-0.3, -0.25) is 9.78 Å². The Morgan fingerprint density at radius 2 is 2.47 bits per heavy atom. The van der Waals surface area contributed by atoms with Crippen molar-refractivity contribution in [3.05, 3.63) is 22.1 Å². The number of hydrogen-bond donors (Lipinski definition) is 2. The molecule has 94 valence electrons. The zero-order valence-electron chi connectivity index (χ0n) is 10.1. The molecule has 0 amide bonds. The third-order valence-corrected chi connectivity index (χ3v) is 3.20. The molecule has 0 unspecified atom stereocenters. The smallest absolute Gasteiger partial charge is 0.255 e. The van der Waals surface area contributed by atoms with E-state index < -0.39 is 0 Å². The zero-order chi connectivity index (χ0) is 12.3. The van der Waals surface area contributed by atoms with Crippen LogP contribution in [0.15, 0.2) is 11.0 Å². The van der Waals surface area contributed by atoms with Crippen LogP contribution in [0.5, 0.6) is 0 Å². The highest BCUT2D eigenvalue weighted by atomic mass is 16.3. The van der Waals surface area contributed by atoms with Crippen molar-refractivity contribution in [2.45, 2.75) is 26.2 Å². The minimum atomic E-state index is -0.137. The predicted molar refractivity (Wildman–Crippen MR) is 66.3 cm³/mol. The van der Waals surface area contributed by atoms with Gasteiger partial charge in [0.15, 0.2) is 0 Å². The van der Waals surface area contributed by atoms with Gasteiger partial charge in [-0.25, -0.2) is 4.98 Å². The van der Waals surface area contributed by atoms with E-state index in [1.807, 2.05) is 0 Å². The molecule has 1 saturated heterocycles. The molecule has 5 heteroatoms. The first kappa shape index (κ1) is 12.1. The molecule has 2 heterocycles. The van der Waals surface area contributed by atoms with Crippen LogP contribution in [-0.4, -0.2) is 34.8 Å². The number of aromatic nitrogens is 2. The summed E-state index contributed by atoms with van der Waals surface area (Å²) < 4.78 is 0. The molecule has 0 spiro atoms. The van der Waals surface area contributed by atoms with Crippen LogP contribution in [0.3, 0.4) is 0 Å². The molecular formula is C12H19N3O2. The number of nitrogens with one attached hydrogen (secondary N) is 1. The van der Waals surface area contributed by atoms with E-state index in [2.05, 4.69) is 21.8 Å². The minimum Gasteiger partial charge on any atom is -0.396 e. The molecule has 1 aliphatic rings. The fourth-order valence-corrected chi connectivity index (χ4v) is 2.25. The van der Waals surface area contributed by atoms with Gasteiger partial charge in [0.05, 0.1) is 0 Å². The Bertz CT molecular complexity index is 430.